The first kappa shape index (κ1) is 38.2. The van der Waals surface area contributed by atoms with Crippen LogP contribution in [0.1, 0.15) is 105 Å². The number of anilines is 2. The number of carbonyl (C=O) groups is 4. The van der Waals surface area contributed by atoms with Gasteiger partial charge in [-0.05, 0) is 85.3 Å². The van der Waals surface area contributed by atoms with E-state index < -0.39 is 11.9 Å². The number of amides is 2. The van der Waals surface area contributed by atoms with Gasteiger partial charge in [0.15, 0.2) is 11.6 Å². The highest BCUT2D eigenvalue weighted by molar-refractivity contribution is 6.11. The Morgan fingerprint density at radius 2 is 1.12 bits per heavy atom. The molecule has 0 saturated heterocycles. The van der Waals surface area contributed by atoms with Crippen LogP contribution < -0.4 is 9.80 Å². The number of benzene rings is 2. The number of esters is 1. The molecular weight excluding hydrogens is 729 g/mol. The zero-order chi connectivity index (χ0) is 37.8. The summed E-state index contributed by atoms with van der Waals surface area (Å²) in [6.45, 7) is 0.765. The fourth-order valence-corrected chi connectivity index (χ4v) is 6.84. The summed E-state index contributed by atoms with van der Waals surface area (Å²) in [5, 5.41) is 25.6. The average Bonchev–Trinajstić information content (AvgIpc) is 4.07. The lowest BCUT2D eigenvalue weighted by Crippen LogP contribution is -2.24. The minimum atomic E-state index is -1.05. The van der Waals surface area contributed by atoms with Crippen LogP contribution in [0, 0.1) is 0 Å². The zero-order valence-electron chi connectivity index (χ0n) is 29.4. The Balaban J connectivity index is 0.000000168. The van der Waals surface area contributed by atoms with E-state index in [1.165, 1.54) is 19.2 Å². The lowest BCUT2D eigenvalue weighted by atomic mass is 10.1. The van der Waals surface area contributed by atoms with Gasteiger partial charge in [-0.1, -0.05) is 39.1 Å². The summed E-state index contributed by atoms with van der Waals surface area (Å²) in [6, 6.07) is 21.5. The second kappa shape index (κ2) is 15.2. The van der Waals surface area contributed by atoms with Crippen LogP contribution in [0.25, 0.3) is 23.0 Å². The molecule has 290 valence electrons. The van der Waals surface area contributed by atoms with E-state index in [4.69, 9.17) is 9.84 Å². The monoisotopic (exact) mass is 768 g/mol. The molecule has 2 amide bonds. The third-order valence-corrected chi connectivity index (χ3v) is 10.0. The molecule has 6 heterocycles. The molecule has 2 saturated carbocycles. The Hall–Kier alpha value is -7.10. The highest BCUT2D eigenvalue weighted by Gasteiger charge is 2.33. The molecule has 6 aromatic rings. The van der Waals surface area contributed by atoms with Crippen molar-refractivity contribution in [1.82, 2.24) is 39.5 Å². The predicted molar refractivity (Wildman–Crippen MR) is 209 cm³/mol. The molecule has 0 atom stereocenters. The Labute approximate surface area is 327 Å². The SMILES string of the molecule is C.C.COC(=O)c1ccc2c(c1)C(=O)N(c1cccc(-c3nncn3C3CC3)n1)C2.O=C(O)c1ccc2c(c1)C(=O)N(c1cccc(-c3nncn3C3CC3)n1)C2. The van der Waals surface area contributed by atoms with Crippen LogP contribution in [-0.2, 0) is 17.8 Å². The summed E-state index contributed by atoms with van der Waals surface area (Å²) < 4.78 is 8.80. The van der Waals surface area contributed by atoms with Gasteiger partial charge in [0.1, 0.15) is 35.7 Å². The van der Waals surface area contributed by atoms with Crippen molar-refractivity contribution < 1.29 is 29.0 Å². The van der Waals surface area contributed by atoms with Gasteiger partial charge in [0.05, 0.1) is 31.3 Å². The van der Waals surface area contributed by atoms with Gasteiger partial charge in [-0.25, -0.2) is 19.6 Å². The minimum absolute atomic E-state index is 0. The topological polar surface area (TPSA) is 191 Å². The molecule has 0 radical (unpaired) electrons. The van der Waals surface area contributed by atoms with Crippen molar-refractivity contribution in [3.8, 4) is 23.0 Å². The second-order valence-electron chi connectivity index (χ2n) is 13.7. The summed E-state index contributed by atoms with van der Waals surface area (Å²) >= 11 is 0. The largest absolute Gasteiger partial charge is 0.478 e. The Kier molecular flexibility index (Phi) is 10.2. The maximum Gasteiger partial charge on any atom is 0.337 e. The first-order chi connectivity index (χ1) is 26.8. The van der Waals surface area contributed by atoms with Crippen molar-refractivity contribution >= 4 is 35.4 Å². The van der Waals surface area contributed by atoms with Gasteiger partial charge in [0.25, 0.3) is 11.8 Å². The molecular formula is C41H40N10O6. The third-order valence-electron chi connectivity index (χ3n) is 10.0. The highest BCUT2D eigenvalue weighted by atomic mass is 16.5. The van der Waals surface area contributed by atoms with Gasteiger partial charge in [0, 0.05) is 23.2 Å². The maximum absolute atomic E-state index is 12.9. The molecule has 0 unspecified atom stereocenters. The Bertz CT molecular complexity index is 2540. The van der Waals surface area contributed by atoms with Gasteiger partial charge in [-0.15, -0.1) is 20.4 Å². The fraction of sp³-hybridized carbons (Fsp3) is 0.268. The van der Waals surface area contributed by atoms with Crippen LogP contribution in [0.3, 0.4) is 0 Å². The van der Waals surface area contributed by atoms with Crippen molar-refractivity contribution in [2.24, 2.45) is 0 Å². The Morgan fingerprint density at radius 1 is 0.667 bits per heavy atom. The van der Waals surface area contributed by atoms with Crippen molar-refractivity contribution in [2.75, 3.05) is 16.9 Å². The molecule has 4 aliphatic rings. The van der Waals surface area contributed by atoms with Crippen molar-refractivity contribution in [3.63, 3.8) is 0 Å². The van der Waals surface area contributed by atoms with Gasteiger partial charge in [0.2, 0.25) is 0 Å². The number of nitrogens with zero attached hydrogens (tertiary/aromatic N) is 10. The van der Waals surface area contributed by atoms with Crippen LogP contribution >= 0.6 is 0 Å². The quantitative estimate of drug-likeness (QED) is 0.167. The van der Waals surface area contributed by atoms with Crippen molar-refractivity contribution in [2.45, 2.75) is 65.7 Å². The van der Waals surface area contributed by atoms with Crippen LogP contribution in [0.5, 0.6) is 0 Å². The number of hydrogen-bond acceptors (Lipinski definition) is 11. The van der Waals surface area contributed by atoms with E-state index in [-0.39, 0.29) is 32.2 Å². The standard InChI is InChI=1S/C20H17N5O3.C19H15N5O3.2CH4/c1-28-20(27)12-5-6-13-10-24(19(26)15(13)9-12)17-4-2-3-16(22-17)18-23-21-11-25(18)14-7-8-14;25-18-14-8-11(19(26)27)4-5-12(14)9-23(18)16-3-1-2-15(21-16)17-22-20-10-24(17)13-6-7-13;;/h2-6,9,11,14H,7-8,10H2,1H3;1-5,8,10,13H,6-7,9H2,(H,26,27);2*1H4. The molecule has 10 rings (SSSR count). The lowest BCUT2D eigenvalue weighted by molar-refractivity contribution is 0.0599. The number of methoxy groups -OCH3 is 1. The lowest BCUT2D eigenvalue weighted by Gasteiger charge is -2.15. The van der Waals surface area contributed by atoms with Crippen LogP contribution in [-0.4, -0.2) is 75.5 Å². The Morgan fingerprint density at radius 3 is 1.56 bits per heavy atom. The van der Waals surface area contributed by atoms with E-state index in [0.717, 1.165) is 36.8 Å². The molecule has 1 N–H and O–H groups in total. The van der Waals surface area contributed by atoms with Gasteiger partial charge in [-0.3, -0.25) is 19.4 Å². The summed E-state index contributed by atoms with van der Waals surface area (Å²) in [5.41, 5.74) is 4.34. The summed E-state index contributed by atoms with van der Waals surface area (Å²) in [5.74, 6) is 0.505. The molecule has 16 heteroatoms. The van der Waals surface area contributed by atoms with Gasteiger partial charge < -0.3 is 19.0 Å². The summed E-state index contributed by atoms with van der Waals surface area (Å²) in [4.78, 5) is 61.1. The molecule has 4 aromatic heterocycles. The molecule has 16 nitrogen and oxygen atoms in total. The molecule has 2 aliphatic heterocycles. The van der Waals surface area contributed by atoms with Crippen molar-refractivity contribution in [3.05, 3.63) is 119 Å². The number of carboxylic acids is 1. The minimum Gasteiger partial charge on any atom is -0.478 e. The zero-order valence-corrected chi connectivity index (χ0v) is 29.4. The number of aromatic carboxylic acids is 1. The number of carboxylic acid groups (broad SMARTS) is 1. The summed E-state index contributed by atoms with van der Waals surface area (Å²) in [6.07, 6.45) is 7.89. The van der Waals surface area contributed by atoms with Crippen LogP contribution in [0.2, 0.25) is 0 Å². The smallest absolute Gasteiger partial charge is 0.337 e. The second-order valence-corrected chi connectivity index (χ2v) is 13.7. The van der Waals surface area contributed by atoms with E-state index in [1.807, 2.05) is 33.4 Å². The maximum atomic E-state index is 12.9. The molecule has 2 aromatic carbocycles. The number of ether oxygens (including phenoxy) is 1. The normalized spacial score (nSPS) is 15.2. The highest BCUT2D eigenvalue weighted by Crippen LogP contribution is 2.39. The molecule has 0 bridgehead atoms. The number of pyridine rings is 2. The van der Waals surface area contributed by atoms with E-state index in [9.17, 15) is 19.2 Å². The first-order valence-electron chi connectivity index (χ1n) is 17.7. The van der Waals surface area contributed by atoms with E-state index in [0.29, 0.717) is 76.5 Å². The molecule has 2 fully saturated rings. The van der Waals surface area contributed by atoms with E-state index in [2.05, 4.69) is 30.4 Å². The number of carbonyl (C=O) groups excluding carboxylic acids is 3. The van der Waals surface area contributed by atoms with Crippen molar-refractivity contribution in [1.29, 1.82) is 0 Å². The molecule has 57 heavy (non-hydrogen) atoms. The number of aromatic nitrogens is 8. The summed E-state index contributed by atoms with van der Waals surface area (Å²) in [7, 11) is 1.32. The van der Waals surface area contributed by atoms with E-state index >= 15 is 0 Å². The molecule has 0 spiro atoms. The van der Waals surface area contributed by atoms with Gasteiger partial charge in [-0.2, -0.15) is 0 Å². The van der Waals surface area contributed by atoms with Gasteiger partial charge >= 0.3 is 11.9 Å². The number of fused-ring (bicyclic) bond motifs is 2. The first-order valence-corrected chi connectivity index (χ1v) is 17.7. The fourth-order valence-electron chi connectivity index (χ4n) is 6.84. The van der Waals surface area contributed by atoms with E-state index in [1.54, 1.807) is 58.9 Å². The third kappa shape index (κ3) is 7.12. The average molecular weight is 769 g/mol. The predicted octanol–water partition coefficient (Wildman–Crippen LogP) is 6.43. The van der Waals surface area contributed by atoms with Crippen LogP contribution in [0.15, 0.2) is 85.5 Å². The van der Waals surface area contributed by atoms with Crippen LogP contribution in [0.4, 0.5) is 11.6 Å². The number of hydrogen-bond donors (Lipinski definition) is 1. The molecule has 2 aliphatic carbocycles. The number of rotatable bonds is 8.